The van der Waals surface area contributed by atoms with Gasteiger partial charge in [-0.2, -0.15) is 5.26 Å². The molecule has 2 rings (SSSR count). The smallest absolute Gasteiger partial charge is 0.224 e. The third-order valence-corrected chi connectivity index (χ3v) is 3.05. The van der Waals surface area contributed by atoms with Gasteiger partial charge in [0, 0.05) is 38.4 Å². The number of likely N-dealkylation sites (tertiary alicyclic amines) is 1. The molecule has 1 aromatic rings. The van der Waals surface area contributed by atoms with Crippen LogP contribution in [0.15, 0.2) is 18.7 Å². The van der Waals surface area contributed by atoms with Crippen LogP contribution < -0.4 is 0 Å². The third-order valence-electron chi connectivity index (χ3n) is 3.05. The van der Waals surface area contributed by atoms with Crippen molar-refractivity contribution in [2.45, 2.75) is 25.8 Å². The number of imidazole rings is 1. The summed E-state index contributed by atoms with van der Waals surface area (Å²) in [6, 6.07) is 2.16. The van der Waals surface area contributed by atoms with E-state index in [4.69, 9.17) is 5.26 Å². The monoisotopic (exact) mass is 232 g/mol. The van der Waals surface area contributed by atoms with E-state index in [0.717, 1.165) is 25.9 Å². The van der Waals surface area contributed by atoms with Crippen LogP contribution in [0.2, 0.25) is 0 Å². The lowest BCUT2D eigenvalue weighted by atomic mass is 10.1. The normalized spacial score (nSPS) is 19.6. The van der Waals surface area contributed by atoms with E-state index in [2.05, 4.69) is 11.1 Å². The Bertz CT molecular complexity index is 407. The lowest BCUT2D eigenvalue weighted by Crippen LogP contribution is -2.26. The number of hydrogen-bond acceptors (Lipinski definition) is 3. The second-order valence-corrected chi connectivity index (χ2v) is 4.38. The molecule has 0 aliphatic carbocycles. The van der Waals surface area contributed by atoms with E-state index in [1.807, 2.05) is 15.7 Å². The standard InChI is InChI=1S/C12H16N4O/c13-8-11-7-12(17)16(9-11)5-2-1-4-15-6-3-14-10-15/h3,6,10-11H,1-2,4-5,7,9H2. The molecule has 0 spiro atoms. The summed E-state index contributed by atoms with van der Waals surface area (Å²) in [5.74, 6) is 0.0235. The molecule has 0 saturated carbocycles. The maximum Gasteiger partial charge on any atom is 0.224 e. The highest BCUT2D eigenvalue weighted by molar-refractivity contribution is 5.79. The quantitative estimate of drug-likeness (QED) is 0.712. The Balaban J connectivity index is 1.66. The van der Waals surface area contributed by atoms with E-state index in [1.165, 1.54) is 0 Å². The van der Waals surface area contributed by atoms with Gasteiger partial charge in [-0.05, 0) is 12.8 Å². The van der Waals surface area contributed by atoms with Crippen LogP contribution in [0, 0.1) is 17.2 Å². The molecule has 17 heavy (non-hydrogen) atoms. The predicted molar refractivity (Wildman–Crippen MR) is 61.8 cm³/mol. The van der Waals surface area contributed by atoms with Crippen molar-refractivity contribution in [1.82, 2.24) is 14.5 Å². The topological polar surface area (TPSA) is 61.9 Å². The first-order valence-corrected chi connectivity index (χ1v) is 5.92. The Morgan fingerprint density at radius 2 is 2.29 bits per heavy atom. The van der Waals surface area contributed by atoms with Gasteiger partial charge in [-0.1, -0.05) is 0 Å². The van der Waals surface area contributed by atoms with Crippen molar-refractivity contribution >= 4 is 5.91 Å². The first kappa shape index (κ1) is 11.6. The molecule has 0 bridgehead atoms. The molecule has 0 radical (unpaired) electrons. The van der Waals surface area contributed by atoms with Crippen molar-refractivity contribution in [3.8, 4) is 6.07 Å². The van der Waals surface area contributed by atoms with Crippen LogP contribution in [-0.4, -0.2) is 33.4 Å². The number of unbranched alkanes of at least 4 members (excludes halogenated alkanes) is 1. The van der Waals surface area contributed by atoms with Gasteiger partial charge in [0.05, 0.1) is 18.3 Å². The summed E-state index contributed by atoms with van der Waals surface area (Å²) in [6.45, 7) is 2.32. The Hall–Kier alpha value is -1.83. The molecule has 0 N–H and O–H groups in total. The van der Waals surface area contributed by atoms with Crippen molar-refractivity contribution in [3.05, 3.63) is 18.7 Å². The molecule has 0 aromatic carbocycles. The molecule has 90 valence electrons. The number of carbonyl (C=O) groups is 1. The highest BCUT2D eigenvalue weighted by Crippen LogP contribution is 2.17. The highest BCUT2D eigenvalue weighted by atomic mass is 16.2. The predicted octanol–water partition coefficient (Wildman–Crippen LogP) is 1.04. The van der Waals surface area contributed by atoms with Gasteiger partial charge in [0.2, 0.25) is 5.91 Å². The molecule has 1 amide bonds. The van der Waals surface area contributed by atoms with Gasteiger partial charge in [-0.15, -0.1) is 0 Å². The highest BCUT2D eigenvalue weighted by Gasteiger charge is 2.28. The largest absolute Gasteiger partial charge is 0.341 e. The molecule has 1 aliphatic heterocycles. The summed E-state index contributed by atoms with van der Waals surface area (Å²) in [7, 11) is 0. The van der Waals surface area contributed by atoms with Crippen LogP contribution in [0.1, 0.15) is 19.3 Å². The summed E-state index contributed by atoms with van der Waals surface area (Å²) >= 11 is 0. The molecule has 1 fully saturated rings. The Morgan fingerprint density at radius 1 is 1.47 bits per heavy atom. The number of nitriles is 1. The number of nitrogens with zero attached hydrogens (tertiary/aromatic N) is 4. The maximum absolute atomic E-state index is 11.5. The van der Waals surface area contributed by atoms with Crippen LogP contribution >= 0.6 is 0 Å². The minimum Gasteiger partial charge on any atom is -0.341 e. The van der Waals surface area contributed by atoms with Gasteiger partial charge in [0.15, 0.2) is 0 Å². The van der Waals surface area contributed by atoms with Crippen molar-refractivity contribution in [1.29, 1.82) is 5.26 Å². The fourth-order valence-corrected chi connectivity index (χ4v) is 2.09. The van der Waals surface area contributed by atoms with Gasteiger partial charge < -0.3 is 9.47 Å². The second kappa shape index (κ2) is 5.48. The first-order chi connectivity index (χ1) is 8.29. The number of rotatable bonds is 5. The zero-order chi connectivity index (χ0) is 12.1. The van der Waals surface area contributed by atoms with Crippen LogP contribution in [0.25, 0.3) is 0 Å². The molecule has 5 nitrogen and oxygen atoms in total. The number of aromatic nitrogens is 2. The minimum atomic E-state index is -0.101. The van der Waals surface area contributed by atoms with Crippen LogP contribution in [0.3, 0.4) is 0 Å². The molecular formula is C12H16N4O. The van der Waals surface area contributed by atoms with Gasteiger partial charge in [0.25, 0.3) is 0 Å². The van der Waals surface area contributed by atoms with E-state index in [9.17, 15) is 4.79 Å². The second-order valence-electron chi connectivity index (χ2n) is 4.38. The summed E-state index contributed by atoms with van der Waals surface area (Å²) in [5.41, 5.74) is 0. The molecular weight excluding hydrogens is 216 g/mol. The number of hydrogen-bond donors (Lipinski definition) is 0. The third kappa shape index (κ3) is 3.06. The van der Waals surface area contributed by atoms with E-state index in [-0.39, 0.29) is 11.8 Å². The fourth-order valence-electron chi connectivity index (χ4n) is 2.09. The maximum atomic E-state index is 11.5. The number of carbonyl (C=O) groups excluding carboxylic acids is 1. The molecule has 5 heteroatoms. The van der Waals surface area contributed by atoms with Crippen molar-refractivity contribution < 1.29 is 4.79 Å². The molecule has 1 atom stereocenters. The zero-order valence-electron chi connectivity index (χ0n) is 9.75. The summed E-state index contributed by atoms with van der Waals surface area (Å²) < 4.78 is 2.03. The van der Waals surface area contributed by atoms with Gasteiger partial charge in [-0.3, -0.25) is 4.79 Å². The molecule has 2 heterocycles. The van der Waals surface area contributed by atoms with E-state index >= 15 is 0 Å². The Morgan fingerprint density at radius 3 is 2.94 bits per heavy atom. The fraction of sp³-hybridized carbons (Fsp3) is 0.583. The average molecular weight is 232 g/mol. The molecule has 1 aliphatic rings. The first-order valence-electron chi connectivity index (χ1n) is 5.92. The zero-order valence-corrected chi connectivity index (χ0v) is 9.75. The van der Waals surface area contributed by atoms with Gasteiger partial charge in [0.1, 0.15) is 0 Å². The Labute approximate surface area is 101 Å². The molecule has 1 unspecified atom stereocenters. The summed E-state index contributed by atoms with van der Waals surface area (Å²) in [5, 5.41) is 8.76. The van der Waals surface area contributed by atoms with E-state index in [1.54, 1.807) is 12.5 Å². The van der Waals surface area contributed by atoms with Crippen LogP contribution in [-0.2, 0) is 11.3 Å². The van der Waals surface area contributed by atoms with Gasteiger partial charge in [-0.25, -0.2) is 4.98 Å². The Kier molecular flexibility index (Phi) is 3.76. The number of amides is 1. The van der Waals surface area contributed by atoms with Gasteiger partial charge >= 0.3 is 0 Å². The van der Waals surface area contributed by atoms with Crippen molar-refractivity contribution in [3.63, 3.8) is 0 Å². The lowest BCUT2D eigenvalue weighted by Gasteiger charge is -2.15. The number of aryl methyl sites for hydroxylation is 1. The van der Waals surface area contributed by atoms with Crippen molar-refractivity contribution in [2.24, 2.45) is 5.92 Å². The van der Waals surface area contributed by atoms with Crippen molar-refractivity contribution in [2.75, 3.05) is 13.1 Å². The average Bonchev–Trinajstić information content (AvgIpc) is 2.94. The SMILES string of the molecule is N#CC1CC(=O)N(CCCCn2ccnc2)C1. The van der Waals surface area contributed by atoms with E-state index < -0.39 is 0 Å². The summed E-state index contributed by atoms with van der Waals surface area (Å²) in [6.07, 6.45) is 7.90. The van der Waals surface area contributed by atoms with Crippen LogP contribution in [0.5, 0.6) is 0 Å². The molecule has 1 aromatic heterocycles. The minimum absolute atomic E-state index is 0.101. The summed E-state index contributed by atoms with van der Waals surface area (Å²) in [4.78, 5) is 17.3. The molecule has 1 saturated heterocycles. The lowest BCUT2D eigenvalue weighted by molar-refractivity contribution is -0.127. The van der Waals surface area contributed by atoms with E-state index in [0.29, 0.717) is 13.0 Å². The van der Waals surface area contributed by atoms with Crippen LogP contribution in [0.4, 0.5) is 0 Å².